The van der Waals surface area contributed by atoms with E-state index in [-0.39, 0.29) is 11.6 Å². The fraction of sp³-hybridized carbons (Fsp3) is 0.385. The molecule has 19 heavy (non-hydrogen) atoms. The molecule has 1 atom stereocenters. The zero-order valence-electron chi connectivity index (χ0n) is 10.8. The van der Waals surface area contributed by atoms with Crippen LogP contribution in [-0.4, -0.2) is 16.7 Å². The Morgan fingerprint density at radius 2 is 2.05 bits per heavy atom. The van der Waals surface area contributed by atoms with Crippen LogP contribution < -0.4 is 5.32 Å². The second-order valence-electron chi connectivity index (χ2n) is 4.09. The molecule has 2 aromatic rings. The molecule has 102 valence electrons. The molecule has 0 aliphatic carbocycles. The van der Waals surface area contributed by atoms with Crippen molar-refractivity contribution in [2.45, 2.75) is 26.3 Å². The average molecular weight is 283 g/mol. The zero-order valence-corrected chi connectivity index (χ0v) is 11.6. The molecular formula is C13H15F2N3S. The highest BCUT2D eigenvalue weighted by Crippen LogP contribution is 2.29. The van der Waals surface area contributed by atoms with E-state index in [1.54, 1.807) is 0 Å². The molecule has 0 aliphatic heterocycles. The lowest BCUT2D eigenvalue weighted by Crippen LogP contribution is -2.19. The summed E-state index contributed by atoms with van der Waals surface area (Å²) in [7, 11) is 0. The van der Waals surface area contributed by atoms with Crippen molar-refractivity contribution < 1.29 is 8.78 Å². The van der Waals surface area contributed by atoms with Crippen LogP contribution in [0.25, 0.3) is 10.6 Å². The molecular weight excluding hydrogens is 268 g/mol. The number of nitrogens with zero attached hydrogens (tertiary/aromatic N) is 2. The van der Waals surface area contributed by atoms with Crippen LogP contribution in [0.5, 0.6) is 0 Å². The van der Waals surface area contributed by atoms with Gasteiger partial charge in [-0.2, -0.15) is 0 Å². The van der Waals surface area contributed by atoms with E-state index in [9.17, 15) is 8.78 Å². The van der Waals surface area contributed by atoms with E-state index in [0.29, 0.717) is 5.01 Å². The summed E-state index contributed by atoms with van der Waals surface area (Å²) in [6.45, 7) is 4.90. The maximum absolute atomic E-state index is 13.7. The summed E-state index contributed by atoms with van der Waals surface area (Å²) in [5.41, 5.74) is 0.288. The number of rotatable bonds is 5. The molecule has 6 heteroatoms. The maximum Gasteiger partial charge on any atom is 0.150 e. The molecule has 1 N–H and O–H groups in total. The van der Waals surface area contributed by atoms with Gasteiger partial charge < -0.3 is 5.32 Å². The van der Waals surface area contributed by atoms with Crippen molar-refractivity contribution in [3.63, 3.8) is 0 Å². The Morgan fingerprint density at radius 1 is 1.26 bits per heavy atom. The van der Waals surface area contributed by atoms with Gasteiger partial charge in [0.15, 0.2) is 5.01 Å². The van der Waals surface area contributed by atoms with Gasteiger partial charge in [0.05, 0.1) is 6.04 Å². The monoisotopic (exact) mass is 283 g/mol. The minimum Gasteiger partial charge on any atom is -0.308 e. The van der Waals surface area contributed by atoms with Crippen molar-refractivity contribution in [2.75, 3.05) is 6.54 Å². The zero-order chi connectivity index (χ0) is 13.8. The largest absolute Gasteiger partial charge is 0.308 e. The summed E-state index contributed by atoms with van der Waals surface area (Å²) < 4.78 is 26.5. The standard InChI is InChI=1S/C13H15F2N3S/c1-3-11(16-4-2)13-18-17-12(19-13)9-6-5-8(14)7-10(9)15/h5-7,11,16H,3-4H2,1-2H3. The minimum absolute atomic E-state index is 0.125. The molecule has 1 unspecified atom stereocenters. The molecule has 3 nitrogen and oxygen atoms in total. The normalized spacial score (nSPS) is 12.6. The van der Waals surface area contributed by atoms with Crippen LogP contribution >= 0.6 is 11.3 Å². The Morgan fingerprint density at radius 3 is 2.68 bits per heavy atom. The number of nitrogens with one attached hydrogen (secondary N) is 1. The summed E-state index contributed by atoms with van der Waals surface area (Å²) in [5, 5.41) is 12.7. The van der Waals surface area contributed by atoms with E-state index in [1.807, 2.05) is 13.8 Å². The predicted molar refractivity (Wildman–Crippen MR) is 72.0 cm³/mol. The molecule has 0 spiro atoms. The lowest BCUT2D eigenvalue weighted by molar-refractivity contribution is 0.531. The van der Waals surface area contributed by atoms with Gasteiger partial charge in [-0.15, -0.1) is 10.2 Å². The van der Waals surface area contributed by atoms with Crippen LogP contribution in [0.15, 0.2) is 18.2 Å². The average Bonchev–Trinajstić information content (AvgIpc) is 2.85. The highest BCUT2D eigenvalue weighted by molar-refractivity contribution is 7.14. The summed E-state index contributed by atoms with van der Waals surface area (Å²) >= 11 is 1.33. The maximum atomic E-state index is 13.7. The molecule has 1 aromatic heterocycles. The molecule has 2 rings (SSSR count). The van der Waals surface area contributed by atoms with E-state index in [1.165, 1.54) is 23.5 Å². The summed E-state index contributed by atoms with van der Waals surface area (Å²) in [6, 6.07) is 3.60. The highest BCUT2D eigenvalue weighted by Gasteiger charge is 2.16. The Labute approximate surface area is 114 Å². The third-order valence-electron chi connectivity index (χ3n) is 2.76. The van der Waals surface area contributed by atoms with Gasteiger partial charge in [-0.05, 0) is 25.1 Å². The minimum atomic E-state index is -0.612. The quantitative estimate of drug-likeness (QED) is 0.912. The van der Waals surface area contributed by atoms with Gasteiger partial charge >= 0.3 is 0 Å². The first kappa shape index (κ1) is 14.0. The third-order valence-corrected chi connectivity index (χ3v) is 3.83. The SMILES string of the molecule is CCNC(CC)c1nnc(-c2ccc(F)cc2F)s1. The van der Waals surface area contributed by atoms with Crippen molar-refractivity contribution >= 4 is 11.3 Å². The van der Waals surface area contributed by atoms with Gasteiger partial charge in [0.25, 0.3) is 0 Å². The fourth-order valence-electron chi connectivity index (χ4n) is 1.80. The van der Waals surface area contributed by atoms with Crippen LogP contribution in [-0.2, 0) is 0 Å². The molecule has 0 amide bonds. The number of aromatic nitrogens is 2. The Hall–Kier alpha value is -1.40. The van der Waals surface area contributed by atoms with Crippen LogP contribution in [0.4, 0.5) is 8.78 Å². The van der Waals surface area contributed by atoms with Crippen molar-refractivity contribution in [1.82, 2.24) is 15.5 Å². The highest BCUT2D eigenvalue weighted by atomic mass is 32.1. The van der Waals surface area contributed by atoms with Crippen LogP contribution in [0, 0.1) is 11.6 Å². The third kappa shape index (κ3) is 3.13. The number of benzene rings is 1. The first-order valence-electron chi connectivity index (χ1n) is 6.17. The molecule has 0 radical (unpaired) electrons. The smallest absolute Gasteiger partial charge is 0.150 e. The second-order valence-corrected chi connectivity index (χ2v) is 5.10. The summed E-state index contributed by atoms with van der Waals surface area (Å²) in [6.07, 6.45) is 0.883. The van der Waals surface area contributed by atoms with Gasteiger partial charge in [0, 0.05) is 11.6 Å². The van der Waals surface area contributed by atoms with E-state index < -0.39 is 11.6 Å². The van der Waals surface area contributed by atoms with Crippen molar-refractivity contribution in [1.29, 1.82) is 0 Å². The molecule has 1 heterocycles. The first-order valence-corrected chi connectivity index (χ1v) is 6.99. The van der Waals surface area contributed by atoms with Gasteiger partial charge in [-0.1, -0.05) is 25.2 Å². The molecule has 0 saturated carbocycles. The van der Waals surface area contributed by atoms with Crippen LogP contribution in [0.3, 0.4) is 0 Å². The number of hydrogen-bond acceptors (Lipinski definition) is 4. The summed E-state index contributed by atoms with van der Waals surface area (Å²) in [5.74, 6) is -1.20. The predicted octanol–water partition coefficient (Wildman–Crippen LogP) is 3.54. The Balaban J connectivity index is 2.29. The number of hydrogen-bond donors (Lipinski definition) is 1. The topological polar surface area (TPSA) is 37.8 Å². The van der Waals surface area contributed by atoms with Crippen LogP contribution in [0.1, 0.15) is 31.3 Å². The van der Waals surface area contributed by atoms with Crippen molar-refractivity contribution in [3.8, 4) is 10.6 Å². The summed E-state index contributed by atoms with van der Waals surface area (Å²) in [4.78, 5) is 0. The molecule has 0 aliphatic rings. The molecule has 0 fully saturated rings. The van der Waals surface area contributed by atoms with E-state index in [2.05, 4.69) is 15.5 Å². The van der Waals surface area contributed by atoms with E-state index in [4.69, 9.17) is 0 Å². The Bertz CT molecular complexity index is 557. The second kappa shape index (κ2) is 6.16. The van der Waals surface area contributed by atoms with Crippen molar-refractivity contribution in [3.05, 3.63) is 34.8 Å². The van der Waals surface area contributed by atoms with Crippen molar-refractivity contribution in [2.24, 2.45) is 0 Å². The first-order chi connectivity index (χ1) is 9.15. The molecule has 0 bridgehead atoms. The van der Waals surface area contributed by atoms with Gasteiger partial charge in [0.2, 0.25) is 0 Å². The van der Waals surface area contributed by atoms with Gasteiger partial charge in [0.1, 0.15) is 16.6 Å². The van der Waals surface area contributed by atoms with E-state index >= 15 is 0 Å². The molecule has 1 aromatic carbocycles. The van der Waals surface area contributed by atoms with Crippen LogP contribution in [0.2, 0.25) is 0 Å². The molecule has 0 saturated heterocycles. The Kier molecular flexibility index (Phi) is 4.55. The van der Waals surface area contributed by atoms with Gasteiger partial charge in [-0.3, -0.25) is 0 Å². The van der Waals surface area contributed by atoms with E-state index in [0.717, 1.165) is 24.0 Å². The fourth-order valence-corrected chi connectivity index (χ4v) is 2.83. The number of halogens is 2. The van der Waals surface area contributed by atoms with Gasteiger partial charge in [-0.25, -0.2) is 8.78 Å². The lowest BCUT2D eigenvalue weighted by atomic mass is 10.2. The lowest BCUT2D eigenvalue weighted by Gasteiger charge is -2.10.